The van der Waals surface area contributed by atoms with Crippen molar-refractivity contribution in [2.75, 3.05) is 0 Å². The maximum absolute atomic E-state index is 11.5. The van der Waals surface area contributed by atoms with Gasteiger partial charge < -0.3 is 5.73 Å². The molecule has 7 nitrogen and oxygen atoms in total. The molecule has 1 amide bonds. The first kappa shape index (κ1) is 11.5. The van der Waals surface area contributed by atoms with Gasteiger partial charge in [-0.15, -0.1) is 11.3 Å². The summed E-state index contributed by atoms with van der Waals surface area (Å²) in [5.74, 6) is -0.0679. The smallest absolute Gasteiger partial charge is 0.268 e. The van der Waals surface area contributed by atoms with Gasteiger partial charge in [-0.2, -0.15) is 5.10 Å². The van der Waals surface area contributed by atoms with Crippen LogP contribution < -0.4 is 5.73 Å². The number of carbonyl (C=O) groups is 1. The van der Waals surface area contributed by atoms with E-state index in [0.29, 0.717) is 22.0 Å². The van der Waals surface area contributed by atoms with E-state index in [1.54, 1.807) is 12.3 Å². The molecule has 0 bridgehead atoms. The molecule has 3 aromatic rings. The number of thiazole rings is 1. The molecule has 3 rings (SSSR count). The molecule has 0 fully saturated rings. The molecule has 19 heavy (non-hydrogen) atoms. The second-order valence-electron chi connectivity index (χ2n) is 3.62. The van der Waals surface area contributed by atoms with Crippen LogP contribution in [0.3, 0.4) is 0 Å². The Balaban J connectivity index is 2.31. The topological polar surface area (TPSA) is 110 Å². The summed E-state index contributed by atoms with van der Waals surface area (Å²) in [4.78, 5) is 23.9. The summed E-state index contributed by atoms with van der Waals surface area (Å²) in [6.07, 6.45) is 4.56. The molecular formula is C11H8N6OS. The molecule has 0 aromatic carbocycles. The van der Waals surface area contributed by atoms with Gasteiger partial charge in [0.2, 0.25) is 0 Å². The molecule has 0 atom stereocenters. The Morgan fingerprint density at radius 3 is 2.79 bits per heavy atom. The first-order valence-corrected chi connectivity index (χ1v) is 6.19. The number of nitrogens with zero attached hydrogens (tertiary/aromatic N) is 4. The van der Waals surface area contributed by atoms with Gasteiger partial charge in [-0.05, 0) is 6.07 Å². The minimum absolute atomic E-state index is 0.170. The van der Waals surface area contributed by atoms with Crippen molar-refractivity contribution in [2.24, 2.45) is 5.73 Å². The summed E-state index contributed by atoms with van der Waals surface area (Å²) in [5.41, 5.74) is 6.80. The average Bonchev–Trinajstić information content (AvgIpc) is 3.11. The number of aromatic nitrogens is 5. The van der Waals surface area contributed by atoms with Crippen LogP contribution in [-0.4, -0.2) is 31.1 Å². The van der Waals surface area contributed by atoms with E-state index in [0.717, 1.165) is 0 Å². The standard InChI is InChI=1S/C11H8N6OS/c12-9(18)8-7(11-14-3-4-19-11)6(1-2-13-8)10-15-5-16-17-10/h1-5H,(H2,12,18)(H,15,16,17). The van der Waals surface area contributed by atoms with Gasteiger partial charge in [0.05, 0.1) is 5.56 Å². The summed E-state index contributed by atoms with van der Waals surface area (Å²) in [7, 11) is 0. The normalized spacial score (nSPS) is 10.5. The molecule has 0 saturated carbocycles. The highest BCUT2D eigenvalue weighted by Crippen LogP contribution is 2.33. The maximum atomic E-state index is 11.5. The third kappa shape index (κ3) is 1.97. The summed E-state index contributed by atoms with van der Waals surface area (Å²) in [6, 6.07) is 1.74. The molecule has 0 aliphatic carbocycles. The van der Waals surface area contributed by atoms with Crippen molar-refractivity contribution >= 4 is 17.2 Å². The zero-order valence-corrected chi connectivity index (χ0v) is 10.4. The highest BCUT2D eigenvalue weighted by molar-refractivity contribution is 7.13. The van der Waals surface area contributed by atoms with Crippen molar-refractivity contribution in [3.05, 3.63) is 35.9 Å². The molecule has 0 saturated heterocycles. The lowest BCUT2D eigenvalue weighted by molar-refractivity contribution is 0.0996. The molecule has 0 spiro atoms. The van der Waals surface area contributed by atoms with Gasteiger partial charge in [-0.3, -0.25) is 14.9 Å². The van der Waals surface area contributed by atoms with Crippen LogP contribution >= 0.6 is 11.3 Å². The SMILES string of the molecule is NC(=O)c1nccc(-c2ncn[nH]2)c1-c1nccs1. The molecular weight excluding hydrogens is 264 g/mol. The summed E-state index contributed by atoms with van der Waals surface area (Å²) in [5, 5.41) is 9.04. The fraction of sp³-hybridized carbons (Fsp3) is 0. The number of hydrogen-bond acceptors (Lipinski definition) is 6. The third-order valence-corrected chi connectivity index (χ3v) is 3.29. The van der Waals surface area contributed by atoms with Crippen molar-refractivity contribution in [3.8, 4) is 22.0 Å². The second-order valence-corrected chi connectivity index (χ2v) is 4.51. The Morgan fingerprint density at radius 2 is 2.16 bits per heavy atom. The molecule has 0 aliphatic heterocycles. The zero-order chi connectivity index (χ0) is 13.2. The molecule has 0 unspecified atom stereocenters. The zero-order valence-electron chi connectivity index (χ0n) is 9.57. The van der Waals surface area contributed by atoms with Crippen LogP contribution in [-0.2, 0) is 0 Å². The van der Waals surface area contributed by atoms with Gasteiger partial charge >= 0.3 is 0 Å². The lowest BCUT2D eigenvalue weighted by atomic mass is 10.1. The number of amides is 1. The van der Waals surface area contributed by atoms with Gasteiger partial charge in [0, 0.05) is 23.3 Å². The number of primary amides is 1. The lowest BCUT2D eigenvalue weighted by Crippen LogP contribution is -2.15. The highest BCUT2D eigenvalue weighted by atomic mass is 32.1. The predicted molar refractivity (Wildman–Crippen MR) is 69.2 cm³/mol. The number of rotatable bonds is 3. The highest BCUT2D eigenvalue weighted by Gasteiger charge is 2.20. The summed E-state index contributed by atoms with van der Waals surface area (Å²) >= 11 is 1.40. The molecule has 0 aliphatic rings. The Bertz CT molecular complexity index is 707. The largest absolute Gasteiger partial charge is 0.364 e. The minimum atomic E-state index is -0.605. The number of pyridine rings is 1. The van der Waals surface area contributed by atoms with E-state index >= 15 is 0 Å². The van der Waals surface area contributed by atoms with Crippen LogP contribution in [0.15, 0.2) is 30.2 Å². The maximum Gasteiger partial charge on any atom is 0.268 e. The second kappa shape index (κ2) is 4.58. The van der Waals surface area contributed by atoms with Crippen molar-refractivity contribution in [3.63, 3.8) is 0 Å². The number of nitrogens with one attached hydrogen (secondary N) is 1. The van der Waals surface area contributed by atoms with Gasteiger partial charge in [0.15, 0.2) is 5.82 Å². The van der Waals surface area contributed by atoms with E-state index in [1.807, 2.05) is 5.38 Å². The van der Waals surface area contributed by atoms with Gasteiger partial charge in [-0.25, -0.2) is 9.97 Å². The van der Waals surface area contributed by atoms with Crippen molar-refractivity contribution in [1.29, 1.82) is 0 Å². The quantitative estimate of drug-likeness (QED) is 0.741. The monoisotopic (exact) mass is 272 g/mol. The van der Waals surface area contributed by atoms with E-state index in [4.69, 9.17) is 5.73 Å². The fourth-order valence-corrected chi connectivity index (χ4v) is 2.44. The van der Waals surface area contributed by atoms with Crippen molar-refractivity contribution < 1.29 is 4.79 Å². The summed E-state index contributed by atoms with van der Waals surface area (Å²) in [6.45, 7) is 0. The number of hydrogen-bond donors (Lipinski definition) is 2. The number of nitrogens with two attached hydrogens (primary N) is 1. The molecule has 3 N–H and O–H groups in total. The van der Waals surface area contributed by atoms with E-state index in [1.165, 1.54) is 23.9 Å². The molecule has 94 valence electrons. The Hall–Kier alpha value is -2.61. The van der Waals surface area contributed by atoms with Crippen LogP contribution in [0.2, 0.25) is 0 Å². The van der Waals surface area contributed by atoms with Crippen LogP contribution in [0.25, 0.3) is 22.0 Å². The van der Waals surface area contributed by atoms with Crippen LogP contribution in [0.4, 0.5) is 0 Å². The van der Waals surface area contributed by atoms with E-state index in [2.05, 4.69) is 25.1 Å². The number of carbonyl (C=O) groups excluding carboxylic acids is 1. The van der Waals surface area contributed by atoms with Crippen LogP contribution in [0.5, 0.6) is 0 Å². The van der Waals surface area contributed by atoms with E-state index in [9.17, 15) is 4.79 Å². The van der Waals surface area contributed by atoms with Crippen molar-refractivity contribution in [2.45, 2.75) is 0 Å². The molecule has 3 aromatic heterocycles. The number of aromatic amines is 1. The van der Waals surface area contributed by atoms with Gasteiger partial charge in [-0.1, -0.05) is 0 Å². The predicted octanol–water partition coefficient (Wildman–Crippen LogP) is 1.09. The minimum Gasteiger partial charge on any atom is -0.364 e. The first-order chi connectivity index (χ1) is 9.27. The average molecular weight is 272 g/mol. The first-order valence-electron chi connectivity index (χ1n) is 5.32. The molecule has 0 radical (unpaired) electrons. The lowest BCUT2D eigenvalue weighted by Gasteiger charge is -2.07. The van der Waals surface area contributed by atoms with Crippen LogP contribution in [0, 0.1) is 0 Å². The third-order valence-electron chi connectivity index (χ3n) is 2.50. The summed E-state index contributed by atoms with van der Waals surface area (Å²) < 4.78 is 0. The van der Waals surface area contributed by atoms with E-state index < -0.39 is 5.91 Å². The molecule has 3 heterocycles. The fourth-order valence-electron chi connectivity index (χ4n) is 1.74. The molecule has 8 heteroatoms. The van der Waals surface area contributed by atoms with Gasteiger partial charge in [0.1, 0.15) is 17.0 Å². The van der Waals surface area contributed by atoms with E-state index in [-0.39, 0.29) is 5.69 Å². The van der Waals surface area contributed by atoms with Crippen molar-refractivity contribution in [1.82, 2.24) is 25.1 Å². The Morgan fingerprint density at radius 1 is 1.26 bits per heavy atom. The Kier molecular flexibility index (Phi) is 2.76. The van der Waals surface area contributed by atoms with Gasteiger partial charge in [0.25, 0.3) is 5.91 Å². The number of H-pyrrole nitrogens is 1. The Labute approximate surface area is 111 Å². The van der Waals surface area contributed by atoms with Crippen LogP contribution in [0.1, 0.15) is 10.5 Å².